The Labute approximate surface area is 73.1 Å². The van der Waals surface area contributed by atoms with E-state index >= 15 is 0 Å². The van der Waals surface area contributed by atoms with E-state index in [1.165, 1.54) is 6.92 Å². The first-order chi connectivity index (χ1) is 5.52. The van der Waals surface area contributed by atoms with E-state index in [9.17, 15) is 9.59 Å². The second kappa shape index (κ2) is 5.52. The largest absolute Gasteiger partial charge is 0.384 e. The highest BCUT2D eigenvalue weighted by molar-refractivity contribution is 5.98. The Morgan fingerprint density at radius 3 is 2.33 bits per heavy atom. The lowest BCUT2D eigenvalue weighted by Crippen LogP contribution is -2.04. The summed E-state index contributed by atoms with van der Waals surface area (Å²) in [4.78, 5) is 23.3. The zero-order valence-electron chi connectivity index (χ0n) is 7.83. The summed E-state index contributed by atoms with van der Waals surface area (Å²) in [5.74, 6) is -0.0983. The molecule has 0 aromatic rings. The van der Waals surface area contributed by atoms with Crippen LogP contribution in [0.1, 0.15) is 19.8 Å². The molecule has 0 heterocycles. The van der Waals surface area contributed by atoms with Crippen LogP contribution in [0.25, 0.3) is 0 Å². The Hall–Kier alpha value is -1.12. The maximum atomic E-state index is 10.9. The van der Waals surface area contributed by atoms with Gasteiger partial charge in [0.1, 0.15) is 11.6 Å². The Morgan fingerprint density at radius 1 is 1.33 bits per heavy atom. The molecule has 0 saturated carbocycles. The summed E-state index contributed by atoms with van der Waals surface area (Å²) in [7, 11) is 3.76. The van der Waals surface area contributed by atoms with Crippen molar-refractivity contribution in [3.8, 4) is 0 Å². The van der Waals surface area contributed by atoms with Gasteiger partial charge in [-0.3, -0.25) is 9.59 Å². The summed E-state index contributed by atoms with van der Waals surface area (Å²) in [6.45, 7) is 1.42. The zero-order valence-corrected chi connectivity index (χ0v) is 7.83. The van der Waals surface area contributed by atoms with Crippen LogP contribution < -0.4 is 0 Å². The summed E-state index contributed by atoms with van der Waals surface area (Å²) in [5, 5.41) is 0. The molecule has 3 nitrogen and oxygen atoms in total. The molecule has 0 aromatic heterocycles. The molecular weight excluding hydrogens is 154 g/mol. The fourth-order valence-corrected chi connectivity index (χ4v) is 0.745. The Kier molecular flexibility index (Phi) is 5.00. The molecule has 0 saturated heterocycles. The lowest BCUT2D eigenvalue weighted by Gasteiger charge is -2.02. The van der Waals surface area contributed by atoms with Crippen LogP contribution in [0.15, 0.2) is 12.3 Å². The predicted molar refractivity (Wildman–Crippen MR) is 47.7 cm³/mol. The first-order valence-electron chi connectivity index (χ1n) is 3.86. The fraction of sp³-hybridized carbons (Fsp3) is 0.556. The highest BCUT2D eigenvalue weighted by atomic mass is 16.1. The molecule has 0 unspecified atom stereocenters. The molecular formula is C9H15NO2. The standard InChI is InChI=1S/C9H15NO2/c1-8(11)7-9(12)5-4-6-10(2)3/h4,6H,5,7H2,1-3H3/b6-4-. The number of allylic oxidation sites excluding steroid dienone is 1. The average molecular weight is 169 g/mol. The molecule has 0 atom stereocenters. The lowest BCUT2D eigenvalue weighted by molar-refractivity contribution is -0.125. The summed E-state index contributed by atoms with van der Waals surface area (Å²) in [5.41, 5.74) is 0. The van der Waals surface area contributed by atoms with E-state index in [1.54, 1.807) is 12.3 Å². The van der Waals surface area contributed by atoms with E-state index in [2.05, 4.69) is 0 Å². The summed E-state index contributed by atoms with van der Waals surface area (Å²) in [6, 6.07) is 0. The smallest absolute Gasteiger partial charge is 0.144 e. The maximum Gasteiger partial charge on any atom is 0.144 e. The van der Waals surface area contributed by atoms with E-state index in [-0.39, 0.29) is 18.0 Å². The van der Waals surface area contributed by atoms with E-state index in [1.807, 2.05) is 19.0 Å². The molecule has 0 bridgehead atoms. The number of nitrogens with zero attached hydrogens (tertiary/aromatic N) is 1. The van der Waals surface area contributed by atoms with Crippen LogP contribution in [0.3, 0.4) is 0 Å². The van der Waals surface area contributed by atoms with Crippen LogP contribution in [-0.2, 0) is 9.59 Å². The molecule has 0 aromatic carbocycles. The number of rotatable bonds is 5. The van der Waals surface area contributed by atoms with Crippen molar-refractivity contribution in [3.05, 3.63) is 12.3 Å². The van der Waals surface area contributed by atoms with Gasteiger partial charge in [-0.25, -0.2) is 0 Å². The minimum Gasteiger partial charge on any atom is -0.384 e. The first kappa shape index (κ1) is 10.9. The Morgan fingerprint density at radius 2 is 1.92 bits per heavy atom. The second-order valence-electron chi connectivity index (χ2n) is 2.97. The summed E-state index contributed by atoms with van der Waals surface area (Å²) >= 11 is 0. The average Bonchev–Trinajstić information content (AvgIpc) is 1.84. The number of carbonyl (C=O) groups is 2. The number of ketones is 2. The van der Waals surface area contributed by atoms with Crippen LogP contribution in [0.2, 0.25) is 0 Å². The van der Waals surface area contributed by atoms with Gasteiger partial charge in [-0.15, -0.1) is 0 Å². The quantitative estimate of drug-likeness (QED) is 0.576. The molecule has 0 aliphatic carbocycles. The maximum absolute atomic E-state index is 10.9. The second-order valence-corrected chi connectivity index (χ2v) is 2.97. The molecule has 0 N–H and O–H groups in total. The molecule has 0 radical (unpaired) electrons. The molecule has 0 aliphatic heterocycles. The SMILES string of the molecule is CC(=O)CC(=O)C/C=C\N(C)C. The fourth-order valence-electron chi connectivity index (χ4n) is 0.745. The van der Waals surface area contributed by atoms with Crippen molar-refractivity contribution in [1.82, 2.24) is 4.90 Å². The van der Waals surface area contributed by atoms with E-state index in [0.29, 0.717) is 6.42 Å². The predicted octanol–water partition coefficient (Wildman–Crippen LogP) is 1.00. The van der Waals surface area contributed by atoms with Crippen molar-refractivity contribution >= 4 is 11.6 Å². The minimum atomic E-state index is -0.0711. The van der Waals surface area contributed by atoms with Crippen molar-refractivity contribution in [3.63, 3.8) is 0 Å². The van der Waals surface area contributed by atoms with Gasteiger partial charge in [0.2, 0.25) is 0 Å². The number of hydrogen-bond acceptors (Lipinski definition) is 3. The van der Waals surface area contributed by atoms with Crippen LogP contribution >= 0.6 is 0 Å². The molecule has 3 heteroatoms. The third kappa shape index (κ3) is 6.99. The van der Waals surface area contributed by atoms with E-state index in [4.69, 9.17) is 0 Å². The molecule has 68 valence electrons. The Balaban J connectivity index is 3.64. The third-order valence-electron chi connectivity index (χ3n) is 1.20. The van der Waals surface area contributed by atoms with Crippen molar-refractivity contribution in [2.75, 3.05) is 14.1 Å². The molecule has 0 fully saturated rings. The number of hydrogen-bond donors (Lipinski definition) is 0. The van der Waals surface area contributed by atoms with Gasteiger partial charge >= 0.3 is 0 Å². The van der Waals surface area contributed by atoms with Crippen LogP contribution in [0.5, 0.6) is 0 Å². The number of carbonyl (C=O) groups excluding carboxylic acids is 2. The van der Waals surface area contributed by atoms with E-state index < -0.39 is 0 Å². The Bertz CT molecular complexity index is 195. The van der Waals surface area contributed by atoms with Crippen molar-refractivity contribution in [1.29, 1.82) is 0 Å². The normalized spacial score (nSPS) is 10.2. The highest BCUT2D eigenvalue weighted by Gasteiger charge is 2.01. The van der Waals surface area contributed by atoms with Gasteiger partial charge in [0.25, 0.3) is 0 Å². The zero-order chi connectivity index (χ0) is 9.56. The molecule has 0 amide bonds. The molecule has 0 spiro atoms. The molecule has 0 rings (SSSR count). The van der Waals surface area contributed by atoms with Gasteiger partial charge in [-0.1, -0.05) is 6.08 Å². The third-order valence-corrected chi connectivity index (χ3v) is 1.20. The monoisotopic (exact) mass is 169 g/mol. The van der Waals surface area contributed by atoms with Gasteiger partial charge in [-0.2, -0.15) is 0 Å². The van der Waals surface area contributed by atoms with Crippen molar-refractivity contribution < 1.29 is 9.59 Å². The van der Waals surface area contributed by atoms with Gasteiger partial charge in [0.05, 0.1) is 6.42 Å². The van der Waals surface area contributed by atoms with E-state index in [0.717, 1.165) is 0 Å². The topological polar surface area (TPSA) is 37.4 Å². The first-order valence-corrected chi connectivity index (χ1v) is 3.86. The number of Topliss-reactive ketones (excluding diaryl/α,β-unsaturated/α-hetero) is 2. The van der Waals surface area contributed by atoms with Gasteiger partial charge in [-0.05, 0) is 13.1 Å². The summed E-state index contributed by atoms with van der Waals surface area (Å²) in [6.07, 6.45) is 3.96. The van der Waals surface area contributed by atoms with Crippen LogP contribution in [-0.4, -0.2) is 30.6 Å². The highest BCUT2D eigenvalue weighted by Crippen LogP contribution is 1.93. The minimum absolute atomic E-state index is 0.0272. The van der Waals surface area contributed by atoms with Crippen LogP contribution in [0.4, 0.5) is 0 Å². The van der Waals surface area contributed by atoms with Crippen molar-refractivity contribution in [2.24, 2.45) is 0 Å². The summed E-state index contributed by atoms with van der Waals surface area (Å²) < 4.78 is 0. The van der Waals surface area contributed by atoms with Crippen LogP contribution in [0, 0.1) is 0 Å². The lowest BCUT2D eigenvalue weighted by atomic mass is 10.2. The van der Waals surface area contributed by atoms with Gasteiger partial charge < -0.3 is 4.90 Å². The van der Waals surface area contributed by atoms with Crippen molar-refractivity contribution in [2.45, 2.75) is 19.8 Å². The molecule has 12 heavy (non-hydrogen) atoms. The van der Waals surface area contributed by atoms with Gasteiger partial charge in [0.15, 0.2) is 0 Å². The molecule has 0 aliphatic rings. The van der Waals surface area contributed by atoms with Gasteiger partial charge in [0, 0.05) is 20.5 Å².